The average molecular weight is 433 g/mol. The predicted octanol–water partition coefficient (Wildman–Crippen LogP) is 3.69. The fourth-order valence-electron chi connectivity index (χ4n) is 2.82. The van der Waals surface area contributed by atoms with Gasteiger partial charge in [-0.15, -0.1) is 0 Å². The number of nitrogens with one attached hydrogen (secondary N) is 1. The molecular weight excluding hydrogens is 408 g/mol. The van der Waals surface area contributed by atoms with Crippen LogP contribution in [0.15, 0.2) is 53.0 Å². The summed E-state index contributed by atoms with van der Waals surface area (Å²) in [6, 6.07) is 14.6. The molecule has 2 aromatic carbocycles. The Balaban J connectivity index is 2.19. The zero-order chi connectivity index (χ0) is 19.8. The van der Waals surface area contributed by atoms with Gasteiger partial charge in [0.1, 0.15) is 11.8 Å². The van der Waals surface area contributed by atoms with E-state index in [2.05, 4.69) is 21.2 Å². The second kappa shape index (κ2) is 10.1. The zero-order valence-corrected chi connectivity index (χ0v) is 17.5. The van der Waals surface area contributed by atoms with Crippen LogP contribution in [0.4, 0.5) is 0 Å². The SMILES string of the molecule is CC[C@@H](C(=O)NC)N(Cc1ccccc1C)C(=O)COc1ccc(Br)cc1. The Kier molecular flexibility index (Phi) is 7.85. The molecule has 0 aliphatic carbocycles. The van der Waals surface area contributed by atoms with Gasteiger partial charge in [-0.2, -0.15) is 0 Å². The van der Waals surface area contributed by atoms with Gasteiger partial charge >= 0.3 is 0 Å². The zero-order valence-electron chi connectivity index (χ0n) is 15.9. The van der Waals surface area contributed by atoms with Crippen molar-refractivity contribution in [1.29, 1.82) is 0 Å². The molecule has 0 unspecified atom stereocenters. The number of nitrogens with zero attached hydrogens (tertiary/aromatic N) is 1. The first kappa shape index (κ1) is 21.0. The topological polar surface area (TPSA) is 58.6 Å². The Morgan fingerprint density at radius 2 is 1.81 bits per heavy atom. The lowest BCUT2D eigenvalue weighted by Gasteiger charge is -2.30. The number of aryl methyl sites for hydroxylation is 1. The number of ether oxygens (including phenoxy) is 1. The van der Waals surface area contributed by atoms with Crippen LogP contribution in [0.25, 0.3) is 0 Å². The first-order valence-corrected chi connectivity index (χ1v) is 9.69. The Morgan fingerprint density at radius 3 is 2.41 bits per heavy atom. The average Bonchev–Trinajstić information content (AvgIpc) is 2.68. The first-order valence-electron chi connectivity index (χ1n) is 8.90. The lowest BCUT2D eigenvalue weighted by Crippen LogP contribution is -2.49. The minimum Gasteiger partial charge on any atom is -0.484 e. The maximum absolute atomic E-state index is 12.9. The molecule has 2 rings (SSSR count). The van der Waals surface area contributed by atoms with Gasteiger partial charge in [0.2, 0.25) is 5.91 Å². The van der Waals surface area contributed by atoms with Crippen molar-refractivity contribution in [3.8, 4) is 5.75 Å². The van der Waals surface area contributed by atoms with Crippen molar-refractivity contribution in [3.63, 3.8) is 0 Å². The van der Waals surface area contributed by atoms with Crippen LogP contribution in [0.2, 0.25) is 0 Å². The van der Waals surface area contributed by atoms with E-state index in [0.717, 1.165) is 15.6 Å². The third kappa shape index (κ3) is 5.82. The van der Waals surface area contributed by atoms with Crippen LogP contribution in [0.3, 0.4) is 0 Å². The highest BCUT2D eigenvalue weighted by Gasteiger charge is 2.28. The standard InChI is InChI=1S/C21H25BrN2O3/c1-4-19(21(26)23-3)24(13-16-8-6-5-7-15(16)2)20(25)14-27-18-11-9-17(22)10-12-18/h5-12,19H,4,13-14H2,1-3H3,(H,23,26)/t19-/m0/s1. The lowest BCUT2D eigenvalue weighted by atomic mass is 10.1. The molecule has 5 nitrogen and oxygen atoms in total. The van der Waals surface area contributed by atoms with E-state index in [9.17, 15) is 9.59 Å². The van der Waals surface area contributed by atoms with E-state index in [0.29, 0.717) is 18.7 Å². The predicted molar refractivity (Wildman–Crippen MR) is 110 cm³/mol. The van der Waals surface area contributed by atoms with Gasteiger partial charge in [-0.25, -0.2) is 0 Å². The van der Waals surface area contributed by atoms with Gasteiger partial charge < -0.3 is 15.0 Å². The molecule has 2 aromatic rings. The molecule has 1 atom stereocenters. The normalized spacial score (nSPS) is 11.6. The minimum absolute atomic E-state index is 0.124. The van der Waals surface area contributed by atoms with Crippen LogP contribution in [0.5, 0.6) is 5.75 Å². The molecule has 1 N–H and O–H groups in total. The summed E-state index contributed by atoms with van der Waals surface area (Å²) in [4.78, 5) is 26.9. The minimum atomic E-state index is -0.546. The Hall–Kier alpha value is -2.34. The third-order valence-electron chi connectivity index (χ3n) is 4.41. The number of hydrogen-bond acceptors (Lipinski definition) is 3. The van der Waals surface area contributed by atoms with Crippen LogP contribution >= 0.6 is 15.9 Å². The Bertz CT molecular complexity index is 777. The van der Waals surface area contributed by atoms with Crippen molar-refractivity contribution in [2.75, 3.05) is 13.7 Å². The van der Waals surface area contributed by atoms with E-state index in [4.69, 9.17) is 4.74 Å². The van der Waals surface area contributed by atoms with Crippen LogP contribution in [0, 0.1) is 6.92 Å². The van der Waals surface area contributed by atoms with E-state index in [1.165, 1.54) is 0 Å². The van der Waals surface area contributed by atoms with E-state index in [1.807, 2.05) is 50.2 Å². The summed E-state index contributed by atoms with van der Waals surface area (Å²) in [5.74, 6) is 0.204. The highest BCUT2D eigenvalue weighted by Crippen LogP contribution is 2.18. The van der Waals surface area contributed by atoms with Crippen molar-refractivity contribution in [1.82, 2.24) is 10.2 Å². The molecule has 144 valence electrons. The molecular formula is C21H25BrN2O3. The number of carbonyl (C=O) groups excluding carboxylic acids is 2. The quantitative estimate of drug-likeness (QED) is 0.691. The number of amides is 2. The smallest absolute Gasteiger partial charge is 0.261 e. The summed E-state index contributed by atoms with van der Waals surface area (Å²) in [7, 11) is 1.58. The third-order valence-corrected chi connectivity index (χ3v) is 4.94. The van der Waals surface area contributed by atoms with Gasteiger partial charge in [-0.3, -0.25) is 9.59 Å². The number of hydrogen-bond donors (Lipinski definition) is 1. The summed E-state index contributed by atoms with van der Waals surface area (Å²) in [6.45, 7) is 4.13. The molecule has 0 saturated heterocycles. The van der Waals surface area contributed by atoms with E-state index >= 15 is 0 Å². The van der Waals surface area contributed by atoms with Gasteiger partial charge in [-0.05, 0) is 48.7 Å². The summed E-state index contributed by atoms with van der Waals surface area (Å²) in [5, 5.41) is 2.65. The largest absolute Gasteiger partial charge is 0.484 e. The highest BCUT2D eigenvalue weighted by molar-refractivity contribution is 9.10. The van der Waals surface area contributed by atoms with Gasteiger partial charge in [-0.1, -0.05) is 47.1 Å². The Labute approximate surface area is 168 Å². The van der Waals surface area contributed by atoms with Crippen molar-refractivity contribution in [3.05, 3.63) is 64.1 Å². The van der Waals surface area contributed by atoms with Crippen molar-refractivity contribution in [2.45, 2.75) is 32.9 Å². The fraction of sp³-hybridized carbons (Fsp3) is 0.333. The Morgan fingerprint density at radius 1 is 1.15 bits per heavy atom. The van der Waals surface area contributed by atoms with Gasteiger partial charge in [0.25, 0.3) is 5.91 Å². The second-order valence-corrected chi connectivity index (χ2v) is 7.14. The number of rotatable bonds is 8. The van der Waals surface area contributed by atoms with Gasteiger partial charge in [0.05, 0.1) is 0 Å². The monoisotopic (exact) mass is 432 g/mol. The summed E-state index contributed by atoms with van der Waals surface area (Å²) in [5.41, 5.74) is 2.09. The van der Waals surface area contributed by atoms with Crippen LogP contribution in [0.1, 0.15) is 24.5 Å². The van der Waals surface area contributed by atoms with Gasteiger partial charge in [0.15, 0.2) is 6.61 Å². The van der Waals surface area contributed by atoms with Crippen molar-refractivity contribution >= 4 is 27.7 Å². The van der Waals surface area contributed by atoms with E-state index < -0.39 is 6.04 Å². The molecule has 6 heteroatoms. The summed E-state index contributed by atoms with van der Waals surface area (Å²) < 4.78 is 6.57. The van der Waals surface area contributed by atoms with Gasteiger partial charge in [0, 0.05) is 18.1 Å². The molecule has 27 heavy (non-hydrogen) atoms. The maximum Gasteiger partial charge on any atom is 0.261 e. The summed E-state index contributed by atoms with van der Waals surface area (Å²) >= 11 is 3.37. The molecule has 0 aliphatic heterocycles. The number of likely N-dealkylation sites (N-methyl/N-ethyl adjacent to an activating group) is 1. The molecule has 0 spiro atoms. The number of benzene rings is 2. The summed E-state index contributed by atoms with van der Waals surface area (Å²) in [6.07, 6.45) is 0.523. The lowest BCUT2D eigenvalue weighted by molar-refractivity contribution is -0.142. The molecule has 0 heterocycles. The molecule has 2 amide bonds. The van der Waals surface area contributed by atoms with Crippen molar-refractivity contribution in [2.24, 2.45) is 0 Å². The first-order chi connectivity index (χ1) is 13.0. The second-order valence-electron chi connectivity index (χ2n) is 6.23. The fourth-order valence-corrected chi connectivity index (χ4v) is 3.08. The molecule has 0 saturated carbocycles. The molecule has 0 aromatic heterocycles. The van der Waals surface area contributed by atoms with E-state index in [-0.39, 0.29) is 18.4 Å². The van der Waals surface area contributed by atoms with E-state index in [1.54, 1.807) is 24.1 Å². The highest BCUT2D eigenvalue weighted by atomic mass is 79.9. The number of halogens is 1. The van der Waals surface area contributed by atoms with Crippen LogP contribution in [-0.2, 0) is 16.1 Å². The number of carbonyl (C=O) groups is 2. The van der Waals surface area contributed by atoms with Crippen LogP contribution in [-0.4, -0.2) is 36.4 Å². The molecule has 0 bridgehead atoms. The molecule has 0 fully saturated rings. The maximum atomic E-state index is 12.9. The van der Waals surface area contributed by atoms with Crippen molar-refractivity contribution < 1.29 is 14.3 Å². The van der Waals surface area contributed by atoms with Crippen LogP contribution < -0.4 is 10.1 Å². The molecule has 0 aliphatic rings. The molecule has 0 radical (unpaired) electrons.